The van der Waals surface area contributed by atoms with Crippen molar-refractivity contribution >= 4 is 97.2 Å². The number of hydrogen-bond acceptors (Lipinski definition) is 4. The van der Waals surface area contributed by atoms with Gasteiger partial charge < -0.3 is 14.3 Å². The van der Waals surface area contributed by atoms with Crippen molar-refractivity contribution in [1.82, 2.24) is 4.48 Å². The lowest BCUT2D eigenvalue weighted by atomic mass is 9.45. The van der Waals surface area contributed by atoms with Crippen LogP contribution in [0.2, 0.25) is 0 Å². The van der Waals surface area contributed by atoms with Gasteiger partial charge in [-0.1, -0.05) is 179 Å². The Morgan fingerprint density at radius 3 is 0.971 bits per heavy atom. The van der Waals surface area contributed by atoms with Crippen molar-refractivity contribution in [2.45, 2.75) is 124 Å². The van der Waals surface area contributed by atoms with E-state index >= 15 is 0 Å². The fourth-order valence-corrected chi connectivity index (χ4v) is 13.9. The molecule has 0 bridgehead atoms. The molecule has 3 nitrogen and oxygen atoms in total. The molecule has 0 atom stereocenters. The Morgan fingerprint density at radius 2 is 0.657 bits per heavy atom. The molecule has 70 heavy (non-hydrogen) atoms. The fourth-order valence-electron chi connectivity index (χ4n) is 11.7. The number of anilines is 6. The van der Waals surface area contributed by atoms with E-state index in [1.54, 1.807) is 0 Å². The molecule has 0 N–H and O–H groups in total. The topological polar surface area (TPSA) is 11.4 Å². The Bertz CT molecular complexity index is 3370. The Morgan fingerprint density at radius 1 is 0.343 bits per heavy atom. The zero-order valence-electron chi connectivity index (χ0n) is 42.6. The molecule has 0 radical (unpaired) electrons. The molecule has 8 aromatic carbocycles. The van der Waals surface area contributed by atoms with Crippen LogP contribution in [0.3, 0.4) is 0 Å². The first-order chi connectivity index (χ1) is 33.2. The lowest BCUT2D eigenvalue weighted by Gasteiger charge is -2.36. The van der Waals surface area contributed by atoms with Gasteiger partial charge in [0.25, 0.3) is 0 Å². The standard InChI is InChI=1S/C64H60BN3S2/c1-61(2,3)37-21-25-51-55(29-37)69-56-30-38(62(4,5)6)22-26-52(56)66(51)41-33-45-43-17-13-15-19-49(43)65-50-20-16-14-18-44(50)46-34-42(36-48-47(35-41)59(45)68(65)60(46)48)67-53-27-23-39(63(7,8)9)31-57(53)70-58-32-40(64(10,11)12)24-28-54(58)67/h13-36H,1-12H3. The van der Waals surface area contributed by atoms with Crippen LogP contribution in [-0.2, 0) is 21.7 Å². The largest absolute Gasteiger partial charge is 0.375 e. The van der Waals surface area contributed by atoms with Gasteiger partial charge in [-0.3, -0.25) is 0 Å². The number of nitrogens with zero attached hydrogens (tertiary/aromatic N) is 3. The molecule has 0 amide bonds. The molecule has 13 rings (SSSR count). The summed E-state index contributed by atoms with van der Waals surface area (Å²) in [6.45, 7) is 27.9. The lowest BCUT2D eigenvalue weighted by molar-refractivity contribution is 0.587. The summed E-state index contributed by atoms with van der Waals surface area (Å²) in [5.41, 5.74) is 23.3. The molecule has 0 aliphatic carbocycles. The minimum Gasteiger partial charge on any atom is -0.375 e. The van der Waals surface area contributed by atoms with Crippen LogP contribution in [0, 0.1) is 0 Å². The molecule has 0 spiro atoms. The second kappa shape index (κ2) is 14.7. The van der Waals surface area contributed by atoms with Gasteiger partial charge >= 0.3 is 6.85 Å². The van der Waals surface area contributed by atoms with Crippen molar-refractivity contribution < 1.29 is 0 Å². The van der Waals surface area contributed by atoms with Crippen LogP contribution in [0.5, 0.6) is 0 Å². The number of rotatable bonds is 2. The Balaban J connectivity index is 1.13. The summed E-state index contributed by atoms with van der Waals surface area (Å²) in [6.07, 6.45) is 0. The van der Waals surface area contributed by atoms with Gasteiger partial charge in [0.15, 0.2) is 0 Å². The number of aromatic nitrogens is 1. The van der Waals surface area contributed by atoms with Crippen LogP contribution >= 0.6 is 23.5 Å². The van der Waals surface area contributed by atoms with Crippen molar-refractivity contribution in [2.24, 2.45) is 0 Å². The van der Waals surface area contributed by atoms with E-state index in [0.717, 1.165) is 0 Å². The third kappa shape index (κ3) is 6.51. The summed E-state index contributed by atoms with van der Waals surface area (Å²) >= 11 is 3.85. The molecule has 346 valence electrons. The minimum absolute atomic E-state index is 0.0240. The highest BCUT2D eigenvalue weighted by Crippen LogP contribution is 2.58. The first kappa shape index (κ1) is 43.9. The highest BCUT2D eigenvalue weighted by Gasteiger charge is 2.41. The molecule has 4 aliphatic rings. The molecule has 0 saturated heterocycles. The average molecular weight is 946 g/mol. The zero-order chi connectivity index (χ0) is 48.6. The van der Waals surface area contributed by atoms with E-state index in [-0.39, 0.29) is 28.5 Å². The number of hydrogen-bond donors (Lipinski definition) is 0. The number of benzene rings is 8. The van der Waals surface area contributed by atoms with Crippen LogP contribution in [-0.4, -0.2) is 11.3 Å². The molecule has 4 aliphatic heterocycles. The fraction of sp³-hybridized carbons (Fsp3) is 0.250. The van der Waals surface area contributed by atoms with Crippen LogP contribution in [0.4, 0.5) is 34.1 Å². The second-order valence-electron chi connectivity index (χ2n) is 24.3. The van der Waals surface area contributed by atoms with Crippen molar-refractivity contribution in [1.29, 1.82) is 0 Å². The smallest absolute Gasteiger partial charge is 0.329 e. The average Bonchev–Trinajstić information content (AvgIpc) is 3.64. The summed E-state index contributed by atoms with van der Waals surface area (Å²) in [7, 11) is 0. The summed E-state index contributed by atoms with van der Waals surface area (Å²) in [6, 6.07) is 57.3. The molecular formula is C64H60BN3S2. The quantitative estimate of drug-likeness (QED) is 0.160. The van der Waals surface area contributed by atoms with Gasteiger partial charge in [0.1, 0.15) is 0 Å². The van der Waals surface area contributed by atoms with Gasteiger partial charge in [-0.2, -0.15) is 0 Å². The maximum atomic E-state index is 2.71. The predicted molar refractivity (Wildman–Crippen MR) is 303 cm³/mol. The van der Waals surface area contributed by atoms with E-state index in [4.69, 9.17) is 0 Å². The van der Waals surface area contributed by atoms with Gasteiger partial charge in [0.2, 0.25) is 0 Å². The minimum atomic E-state index is 0.0240. The number of fused-ring (bicyclic) bond motifs is 11. The van der Waals surface area contributed by atoms with Crippen LogP contribution < -0.4 is 20.7 Å². The molecule has 5 heterocycles. The van der Waals surface area contributed by atoms with Crippen LogP contribution in [0.15, 0.2) is 165 Å². The third-order valence-corrected chi connectivity index (χ3v) is 17.7. The van der Waals surface area contributed by atoms with E-state index in [2.05, 4.69) is 243 Å². The van der Waals surface area contributed by atoms with Crippen molar-refractivity contribution in [2.75, 3.05) is 9.80 Å². The first-order valence-electron chi connectivity index (χ1n) is 25.1. The maximum Gasteiger partial charge on any atom is 0.329 e. The molecule has 0 unspecified atom stereocenters. The summed E-state index contributed by atoms with van der Waals surface area (Å²) in [5.74, 6) is 0. The summed E-state index contributed by atoms with van der Waals surface area (Å²) < 4.78 is 2.71. The van der Waals surface area contributed by atoms with Crippen molar-refractivity contribution in [3.63, 3.8) is 0 Å². The first-order valence-corrected chi connectivity index (χ1v) is 26.7. The summed E-state index contributed by atoms with van der Waals surface area (Å²) in [4.78, 5) is 10.3. The van der Waals surface area contributed by atoms with Gasteiger partial charge in [-0.15, -0.1) is 0 Å². The predicted octanol–water partition coefficient (Wildman–Crippen LogP) is 17.5. The highest BCUT2D eigenvalue weighted by molar-refractivity contribution is 8.00. The molecular weight excluding hydrogens is 886 g/mol. The normalized spacial score (nSPS) is 14.7. The van der Waals surface area contributed by atoms with E-state index in [1.165, 1.54) is 131 Å². The lowest BCUT2D eigenvalue weighted by Crippen LogP contribution is -2.53. The van der Waals surface area contributed by atoms with E-state index in [1.807, 2.05) is 23.5 Å². The molecule has 1 aromatic heterocycles. The van der Waals surface area contributed by atoms with Gasteiger partial charge in [-0.25, -0.2) is 0 Å². The van der Waals surface area contributed by atoms with Crippen LogP contribution in [0.1, 0.15) is 105 Å². The van der Waals surface area contributed by atoms with Gasteiger partial charge in [0.05, 0.1) is 22.7 Å². The van der Waals surface area contributed by atoms with E-state index < -0.39 is 0 Å². The van der Waals surface area contributed by atoms with Gasteiger partial charge in [0, 0.05) is 63.9 Å². The van der Waals surface area contributed by atoms with Crippen LogP contribution in [0.25, 0.3) is 44.1 Å². The van der Waals surface area contributed by atoms with Crippen molar-refractivity contribution in [3.05, 3.63) is 168 Å². The van der Waals surface area contributed by atoms with E-state index in [0.29, 0.717) is 0 Å². The van der Waals surface area contributed by atoms with E-state index in [9.17, 15) is 0 Å². The Labute approximate surface area is 423 Å². The second-order valence-corrected chi connectivity index (χ2v) is 26.5. The monoisotopic (exact) mass is 945 g/mol. The molecule has 9 aromatic rings. The third-order valence-electron chi connectivity index (χ3n) is 15.5. The Hall–Kier alpha value is -6.08. The zero-order valence-corrected chi connectivity index (χ0v) is 44.2. The maximum absolute atomic E-state index is 2.71. The Kier molecular flexibility index (Phi) is 9.25. The molecule has 6 heteroatoms. The molecule has 0 fully saturated rings. The van der Waals surface area contributed by atoms with Gasteiger partial charge in [-0.05, 0) is 139 Å². The van der Waals surface area contributed by atoms with Crippen molar-refractivity contribution in [3.8, 4) is 22.3 Å². The SMILES string of the molecule is CC(C)(C)c1ccc2c(c1)Sc1cc(C(C)(C)C)ccc1N2c1cc2c3c(c1)c1cc(N4c5ccc(C(C)(C)C)cc5Sc5cc(C(C)(C)C)ccc54)cc4c1n3B(c1ccccc1-2)c1ccccc1-4. The summed E-state index contributed by atoms with van der Waals surface area (Å²) in [5, 5.41) is 2.57. The molecule has 0 saturated carbocycles. The highest BCUT2D eigenvalue weighted by atomic mass is 32.2.